The molecule has 1 heteroatoms. The van der Waals surface area contributed by atoms with Crippen LogP contribution in [0.25, 0.3) is 10.8 Å². The van der Waals surface area contributed by atoms with E-state index in [0.717, 1.165) is 5.92 Å². The van der Waals surface area contributed by atoms with Crippen LogP contribution in [0.15, 0.2) is 36.7 Å². The van der Waals surface area contributed by atoms with E-state index in [0.29, 0.717) is 0 Å². The molecule has 1 aromatic heterocycles. The molecule has 1 heterocycles. The molecule has 0 saturated heterocycles. The molecular weight excluding hydrogens is 182 g/mol. The van der Waals surface area contributed by atoms with Gasteiger partial charge in [-0.05, 0) is 30.2 Å². The highest BCUT2D eigenvalue weighted by molar-refractivity contribution is 5.84. The summed E-state index contributed by atoms with van der Waals surface area (Å²) >= 11 is 0. The van der Waals surface area contributed by atoms with Gasteiger partial charge in [0.15, 0.2) is 12.4 Å². The Morgan fingerprint density at radius 3 is 2.67 bits per heavy atom. The fraction of sp³-hybridized carbons (Fsp3) is 0.357. The number of rotatable bonds is 1. The van der Waals surface area contributed by atoms with Gasteiger partial charge in [-0.3, -0.25) is 0 Å². The maximum atomic E-state index is 2.30. The molecule has 15 heavy (non-hydrogen) atoms. The van der Waals surface area contributed by atoms with Gasteiger partial charge in [0.1, 0.15) is 7.05 Å². The molecule has 0 spiro atoms. The summed E-state index contributed by atoms with van der Waals surface area (Å²) in [7, 11) is 2.12. The van der Waals surface area contributed by atoms with Crippen molar-refractivity contribution in [3.05, 3.63) is 42.2 Å². The minimum atomic E-state index is 0.808. The first-order valence-electron chi connectivity index (χ1n) is 5.72. The van der Waals surface area contributed by atoms with E-state index < -0.39 is 0 Å². The second-order valence-electron chi connectivity index (χ2n) is 4.59. The molecule has 0 unspecified atom stereocenters. The molecule has 0 bridgehead atoms. The zero-order valence-corrected chi connectivity index (χ0v) is 9.11. The minimum Gasteiger partial charge on any atom is -0.207 e. The second kappa shape index (κ2) is 3.34. The first-order chi connectivity index (χ1) is 7.34. The lowest BCUT2D eigenvalue weighted by atomic mass is 9.79. The van der Waals surface area contributed by atoms with Crippen LogP contribution < -0.4 is 4.57 Å². The van der Waals surface area contributed by atoms with E-state index >= 15 is 0 Å². The molecule has 1 nitrogen and oxygen atoms in total. The van der Waals surface area contributed by atoms with Gasteiger partial charge in [-0.25, -0.2) is 4.57 Å². The monoisotopic (exact) mass is 198 g/mol. The Labute approximate surface area is 90.4 Å². The summed E-state index contributed by atoms with van der Waals surface area (Å²) in [5.74, 6) is 0.808. The zero-order chi connectivity index (χ0) is 10.3. The van der Waals surface area contributed by atoms with Gasteiger partial charge >= 0.3 is 0 Å². The highest BCUT2D eigenvalue weighted by Crippen LogP contribution is 2.38. The fourth-order valence-electron chi connectivity index (χ4n) is 2.46. The molecule has 1 saturated carbocycles. The number of hydrogen-bond donors (Lipinski definition) is 0. The number of nitrogens with zero attached hydrogens (tertiary/aromatic N) is 1. The minimum absolute atomic E-state index is 0.808. The van der Waals surface area contributed by atoms with E-state index in [1.807, 2.05) is 0 Å². The Kier molecular flexibility index (Phi) is 1.98. The number of aryl methyl sites for hydroxylation is 1. The van der Waals surface area contributed by atoms with E-state index in [2.05, 4.69) is 48.3 Å². The molecule has 0 radical (unpaired) electrons. The van der Waals surface area contributed by atoms with Crippen LogP contribution in [0.3, 0.4) is 0 Å². The molecule has 0 aliphatic heterocycles. The predicted octanol–water partition coefficient (Wildman–Crippen LogP) is 2.93. The first-order valence-corrected chi connectivity index (χ1v) is 5.72. The van der Waals surface area contributed by atoms with E-state index in [1.54, 1.807) is 5.56 Å². The molecule has 1 aromatic carbocycles. The summed E-state index contributed by atoms with van der Waals surface area (Å²) in [4.78, 5) is 0. The van der Waals surface area contributed by atoms with Gasteiger partial charge in [-0.15, -0.1) is 0 Å². The van der Waals surface area contributed by atoms with Gasteiger partial charge in [-0.1, -0.05) is 24.6 Å². The van der Waals surface area contributed by atoms with Gasteiger partial charge in [0.25, 0.3) is 0 Å². The van der Waals surface area contributed by atoms with Crippen LogP contribution in [0.5, 0.6) is 0 Å². The molecular formula is C14H16N+. The Morgan fingerprint density at radius 2 is 1.93 bits per heavy atom. The molecule has 1 fully saturated rings. The average Bonchev–Trinajstić information content (AvgIpc) is 2.14. The van der Waals surface area contributed by atoms with Crippen molar-refractivity contribution in [2.24, 2.45) is 7.05 Å². The Bertz CT molecular complexity index is 498. The summed E-state index contributed by atoms with van der Waals surface area (Å²) in [6.07, 6.45) is 8.64. The summed E-state index contributed by atoms with van der Waals surface area (Å²) in [5.41, 5.74) is 1.54. The smallest absolute Gasteiger partial charge is 0.176 e. The Morgan fingerprint density at radius 1 is 1.13 bits per heavy atom. The summed E-state index contributed by atoms with van der Waals surface area (Å²) in [6, 6.07) is 8.72. The number of aromatic nitrogens is 1. The van der Waals surface area contributed by atoms with E-state index in [4.69, 9.17) is 0 Å². The van der Waals surface area contributed by atoms with Crippen LogP contribution in [-0.4, -0.2) is 0 Å². The largest absolute Gasteiger partial charge is 0.207 e. The first kappa shape index (κ1) is 8.90. The maximum absolute atomic E-state index is 2.30. The summed E-state index contributed by atoms with van der Waals surface area (Å²) in [5, 5.41) is 2.81. The van der Waals surface area contributed by atoms with Crippen molar-refractivity contribution in [2.45, 2.75) is 25.2 Å². The topological polar surface area (TPSA) is 3.88 Å². The molecule has 0 amide bonds. The van der Waals surface area contributed by atoms with Crippen molar-refractivity contribution < 1.29 is 4.57 Å². The van der Waals surface area contributed by atoms with Crippen molar-refractivity contribution in [1.29, 1.82) is 0 Å². The third-order valence-electron chi connectivity index (χ3n) is 3.50. The van der Waals surface area contributed by atoms with Crippen molar-refractivity contribution in [3.63, 3.8) is 0 Å². The van der Waals surface area contributed by atoms with Crippen molar-refractivity contribution in [2.75, 3.05) is 0 Å². The number of benzene rings is 1. The van der Waals surface area contributed by atoms with E-state index in [-0.39, 0.29) is 0 Å². The van der Waals surface area contributed by atoms with Crippen LogP contribution in [0.4, 0.5) is 0 Å². The number of hydrogen-bond acceptors (Lipinski definition) is 0. The second-order valence-corrected chi connectivity index (χ2v) is 4.59. The zero-order valence-electron chi connectivity index (χ0n) is 9.11. The Hall–Kier alpha value is -1.37. The van der Waals surface area contributed by atoms with E-state index in [9.17, 15) is 0 Å². The standard InChI is InChI=1S/C14H16N/c1-15-9-12-5-2-3-8-13(12)14(10-15)11-6-4-7-11/h2-3,5,8-11H,4,6-7H2,1H3/q+1. The lowest BCUT2D eigenvalue weighted by molar-refractivity contribution is -0.670. The fourth-order valence-corrected chi connectivity index (χ4v) is 2.46. The van der Waals surface area contributed by atoms with Crippen LogP contribution in [0, 0.1) is 0 Å². The van der Waals surface area contributed by atoms with Gasteiger partial charge in [0.2, 0.25) is 0 Å². The van der Waals surface area contributed by atoms with Crippen LogP contribution in [0.1, 0.15) is 30.7 Å². The molecule has 0 atom stereocenters. The predicted molar refractivity (Wildman–Crippen MR) is 61.7 cm³/mol. The molecule has 76 valence electrons. The number of pyridine rings is 1. The highest BCUT2D eigenvalue weighted by atomic mass is 14.9. The molecule has 1 aliphatic rings. The third-order valence-corrected chi connectivity index (χ3v) is 3.50. The van der Waals surface area contributed by atoms with Crippen molar-refractivity contribution in [3.8, 4) is 0 Å². The SMILES string of the molecule is C[n+]1cc(C2CCC2)c2ccccc2c1. The maximum Gasteiger partial charge on any atom is 0.176 e. The summed E-state index contributed by atoms with van der Waals surface area (Å²) < 4.78 is 2.19. The quantitative estimate of drug-likeness (QED) is 0.620. The molecule has 0 N–H and O–H groups in total. The molecule has 3 rings (SSSR count). The number of fused-ring (bicyclic) bond motifs is 1. The van der Waals surface area contributed by atoms with Gasteiger partial charge < -0.3 is 0 Å². The molecule has 2 aromatic rings. The third kappa shape index (κ3) is 1.43. The Balaban J connectivity index is 2.25. The summed E-state index contributed by atoms with van der Waals surface area (Å²) in [6.45, 7) is 0. The van der Waals surface area contributed by atoms with Gasteiger partial charge in [-0.2, -0.15) is 0 Å². The molecule has 1 aliphatic carbocycles. The van der Waals surface area contributed by atoms with Gasteiger partial charge in [0, 0.05) is 10.9 Å². The lowest BCUT2D eigenvalue weighted by Gasteiger charge is -2.25. The van der Waals surface area contributed by atoms with E-state index in [1.165, 1.54) is 30.0 Å². The van der Waals surface area contributed by atoms with Crippen molar-refractivity contribution >= 4 is 10.8 Å². The van der Waals surface area contributed by atoms with Crippen LogP contribution >= 0.6 is 0 Å². The normalized spacial score (nSPS) is 16.6. The van der Waals surface area contributed by atoms with Crippen LogP contribution in [-0.2, 0) is 7.05 Å². The van der Waals surface area contributed by atoms with Crippen LogP contribution in [0.2, 0.25) is 0 Å². The average molecular weight is 198 g/mol. The lowest BCUT2D eigenvalue weighted by Crippen LogP contribution is -2.28. The van der Waals surface area contributed by atoms with Gasteiger partial charge in [0.05, 0.1) is 0 Å². The highest BCUT2D eigenvalue weighted by Gasteiger charge is 2.23. The van der Waals surface area contributed by atoms with Crippen molar-refractivity contribution in [1.82, 2.24) is 0 Å².